The van der Waals surface area contributed by atoms with Gasteiger partial charge in [0.05, 0.1) is 0 Å². The highest BCUT2D eigenvalue weighted by Gasteiger charge is 2.58. The van der Waals surface area contributed by atoms with Crippen LogP contribution in [0.15, 0.2) is 48.5 Å². The molecule has 0 amide bonds. The molecule has 3 heteroatoms. The first-order chi connectivity index (χ1) is 15.1. The van der Waals surface area contributed by atoms with Gasteiger partial charge in [0.25, 0.3) is 0 Å². The summed E-state index contributed by atoms with van der Waals surface area (Å²) >= 11 is 0. The van der Waals surface area contributed by atoms with Crippen molar-refractivity contribution in [1.29, 1.82) is 0 Å². The Labute approximate surface area is 185 Å². The van der Waals surface area contributed by atoms with Crippen LogP contribution in [0.4, 0.5) is 0 Å². The lowest BCUT2D eigenvalue weighted by atomic mass is 9.54. The first kappa shape index (κ1) is 20.8. The van der Waals surface area contributed by atoms with Gasteiger partial charge in [0.15, 0.2) is 0 Å². The fraction of sp³-hybridized carbons (Fsp3) is 0.536. The highest BCUT2D eigenvalue weighted by molar-refractivity contribution is 5.87. The molecule has 2 aromatic carbocycles. The molecule has 0 bridgehead atoms. The van der Waals surface area contributed by atoms with E-state index in [1.807, 2.05) is 18.2 Å². The molecule has 0 radical (unpaired) electrons. The van der Waals surface area contributed by atoms with Crippen molar-refractivity contribution in [2.75, 3.05) is 6.61 Å². The zero-order valence-electron chi connectivity index (χ0n) is 18.6. The average molecular weight is 419 g/mol. The largest absolute Gasteiger partial charge is 0.489 e. The first-order valence-electron chi connectivity index (χ1n) is 12.0. The first-order valence-corrected chi connectivity index (χ1v) is 12.0. The number of aliphatic hydroxyl groups excluding tert-OH is 1. The van der Waals surface area contributed by atoms with Crippen molar-refractivity contribution in [1.82, 2.24) is 0 Å². The third-order valence-electron chi connectivity index (χ3n) is 8.52. The second kappa shape index (κ2) is 8.43. The van der Waals surface area contributed by atoms with Gasteiger partial charge in [-0.25, -0.2) is 0 Å². The predicted molar refractivity (Wildman–Crippen MR) is 122 cm³/mol. The number of hydrogen-bond acceptors (Lipinski definition) is 3. The molecule has 3 aliphatic carbocycles. The Bertz CT molecular complexity index is 937. The average Bonchev–Trinajstić information content (AvgIpc) is 3.06. The van der Waals surface area contributed by atoms with E-state index >= 15 is 0 Å². The monoisotopic (exact) mass is 418 g/mol. The van der Waals surface area contributed by atoms with Gasteiger partial charge in [-0.3, -0.25) is 4.79 Å². The summed E-state index contributed by atoms with van der Waals surface area (Å²) in [4.78, 5) is 13.0. The van der Waals surface area contributed by atoms with E-state index < -0.39 is 0 Å². The molecule has 0 aliphatic heterocycles. The summed E-state index contributed by atoms with van der Waals surface area (Å²) in [6, 6.07) is 17.0. The van der Waals surface area contributed by atoms with E-state index in [-0.39, 0.29) is 12.0 Å². The van der Waals surface area contributed by atoms with Crippen LogP contribution < -0.4 is 4.74 Å². The molecule has 3 nitrogen and oxygen atoms in total. The standard InChI is InChI=1S/C28H34O3/c1-28-14-13-24-23-12-10-22(31-18-19-6-3-2-4-7-19)16-20(23)9-11-25(24)27(28)21(8-5-15-29)17-26(28)30/h2-4,6-7,10,12,16,21,24-25,27,29H,5,8-9,11,13-15,17-18H2,1H3/t21-,24-,25-,27+,28-/m1/s1. The number of ketones is 1. The van der Waals surface area contributed by atoms with Crippen molar-refractivity contribution in [2.24, 2.45) is 23.2 Å². The third-order valence-corrected chi connectivity index (χ3v) is 8.52. The molecular formula is C28H34O3. The van der Waals surface area contributed by atoms with Crippen LogP contribution in [0, 0.1) is 23.2 Å². The molecule has 2 aromatic rings. The van der Waals surface area contributed by atoms with Crippen LogP contribution in [0.2, 0.25) is 0 Å². The van der Waals surface area contributed by atoms with Crippen molar-refractivity contribution in [3.8, 4) is 5.75 Å². The topological polar surface area (TPSA) is 46.5 Å². The molecule has 0 heterocycles. The normalized spacial score (nSPS) is 31.6. The second-order valence-corrected chi connectivity index (χ2v) is 10.2. The maximum absolute atomic E-state index is 13.0. The van der Waals surface area contributed by atoms with Crippen LogP contribution in [0.3, 0.4) is 0 Å². The summed E-state index contributed by atoms with van der Waals surface area (Å²) < 4.78 is 6.09. The number of benzene rings is 2. The van der Waals surface area contributed by atoms with Crippen molar-refractivity contribution >= 4 is 5.78 Å². The Morgan fingerprint density at radius 1 is 1.13 bits per heavy atom. The maximum atomic E-state index is 13.0. The Morgan fingerprint density at radius 2 is 1.97 bits per heavy atom. The number of carbonyl (C=O) groups excluding carboxylic acids is 1. The van der Waals surface area contributed by atoms with Gasteiger partial charge in [0.2, 0.25) is 0 Å². The summed E-state index contributed by atoms with van der Waals surface area (Å²) in [5.41, 5.74) is 3.97. The van der Waals surface area contributed by atoms with Crippen LogP contribution in [0.5, 0.6) is 5.75 Å². The van der Waals surface area contributed by atoms with E-state index in [1.54, 1.807) is 0 Å². The molecule has 0 unspecified atom stereocenters. The van der Waals surface area contributed by atoms with Gasteiger partial charge in [-0.05, 0) is 91.0 Å². The van der Waals surface area contributed by atoms with Crippen molar-refractivity contribution < 1.29 is 14.6 Å². The van der Waals surface area contributed by atoms with Gasteiger partial charge in [-0.1, -0.05) is 43.3 Å². The van der Waals surface area contributed by atoms with Crippen LogP contribution in [-0.4, -0.2) is 17.5 Å². The van der Waals surface area contributed by atoms with Crippen LogP contribution >= 0.6 is 0 Å². The number of carbonyl (C=O) groups is 1. The van der Waals surface area contributed by atoms with Gasteiger partial charge in [-0.15, -0.1) is 0 Å². The Balaban J connectivity index is 1.35. The van der Waals surface area contributed by atoms with E-state index in [4.69, 9.17) is 4.74 Å². The highest BCUT2D eigenvalue weighted by atomic mass is 16.5. The number of fused-ring (bicyclic) bond motifs is 5. The molecule has 0 saturated heterocycles. The summed E-state index contributed by atoms with van der Waals surface area (Å²) in [6.07, 6.45) is 6.91. The molecule has 5 atom stereocenters. The molecule has 0 spiro atoms. The van der Waals surface area contributed by atoms with E-state index in [9.17, 15) is 9.90 Å². The fourth-order valence-electron chi connectivity index (χ4n) is 7.07. The second-order valence-electron chi connectivity index (χ2n) is 10.2. The quantitative estimate of drug-likeness (QED) is 0.655. The predicted octanol–water partition coefficient (Wildman–Crippen LogP) is 5.69. The van der Waals surface area contributed by atoms with E-state index in [2.05, 4.69) is 37.3 Å². The fourth-order valence-corrected chi connectivity index (χ4v) is 7.07. The number of ether oxygens (including phenoxy) is 1. The van der Waals surface area contributed by atoms with Gasteiger partial charge >= 0.3 is 0 Å². The zero-order valence-corrected chi connectivity index (χ0v) is 18.6. The van der Waals surface area contributed by atoms with Crippen LogP contribution in [-0.2, 0) is 17.8 Å². The van der Waals surface area contributed by atoms with Crippen molar-refractivity contribution in [2.45, 2.75) is 64.4 Å². The molecule has 31 heavy (non-hydrogen) atoms. The maximum Gasteiger partial charge on any atom is 0.139 e. The third kappa shape index (κ3) is 3.71. The lowest BCUT2D eigenvalue weighted by molar-refractivity contribution is -0.129. The number of aryl methyl sites for hydroxylation is 1. The van der Waals surface area contributed by atoms with E-state index in [1.165, 1.54) is 23.1 Å². The molecule has 2 saturated carbocycles. The molecular weight excluding hydrogens is 384 g/mol. The molecule has 3 aliphatic rings. The Kier molecular flexibility index (Phi) is 5.64. The molecule has 2 fully saturated rings. The summed E-state index contributed by atoms with van der Waals surface area (Å²) in [6.45, 7) is 3.07. The van der Waals surface area contributed by atoms with E-state index in [0.29, 0.717) is 36.1 Å². The Morgan fingerprint density at radius 3 is 2.77 bits per heavy atom. The molecule has 1 N–H and O–H groups in total. The zero-order chi connectivity index (χ0) is 21.4. The van der Waals surface area contributed by atoms with Crippen molar-refractivity contribution in [3.63, 3.8) is 0 Å². The van der Waals surface area contributed by atoms with E-state index in [0.717, 1.165) is 44.3 Å². The SMILES string of the molecule is C[C@]12CC[C@@H]3c4ccc(OCc5ccccc5)cc4CC[C@H]3[C@@H]1[C@H](CCCO)CC2=O. The van der Waals surface area contributed by atoms with Crippen LogP contribution in [0.25, 0.3) is 0 Å². The van der Waals surface area contributed by atoms with Gasteiger partial charge < -0.3 is 9.84 Å². The number of aliphatic hydroxyl groups is 1. The lowest BCUT2D eigenvalue weighted by Crippen LogP contribution is -2.44. The lowest BCUT2D eigenvalue weighted by Gasteiger charge is -2.50. The van der Waals surface area contributed by atoms with Gasteiger partial charge in [0.1, 0.15) is 18.1 Å². The smallest absolute Gasteiger partial charge is 0.139 e. The highest BCUT2D eigenvalue weighted by Crippen LogP contribution is 2.62. The minimum absolute atomic E-state index is 0.141. The Hall–Kier alpha value is -2.13. The van der Waals surface area contributed by atoms with Crippen LogP contribution in [0.1, 0.15) is 68.1 Å². The minimum atomic E-state index is -0.141. The molecule has 164 valence electrons. The van der Waals surface area contributed by atoms with Gasteiger partial charge in [0, 0.05) is 18.4 Å². The summed E-state index contributed by atoms with van der Waals surface area (Å²) in [5.74, 6) is 3.53. The number of hydrogen-bond donors (Lipinski definition) is 1. The van der Waals surface area contributed by atoms with Crippen molar-refractivity contribution in [3.05, 3.63) is 65.2 Å². The number of Topliss-reactive ketones (excluding diaryl/α,β-unsaturated/α-hetero) is 1. The molecule has 5 rings (SSSR count). The number of rotatable bonds is 6. The van der Waals surface area contributed by atoms with Gasteiger partial charge in [-0.2, -0.15) is 0 Å². The summed E-state index contributed by atoms with van der Waals surface area (Å²) in [7, 11) is 0. The summed E-state index contributed by atoms with van der Waals surface area (Å²) in [5, 5.41) is 9.36. The minimum Gasteiger partial charge on any atom is -0.489 e. The molecule has 0 aromatic heterocycles.